The van der Waals surface area contributed by atoms with Crippen LogP contribution in [-0.4, -0.2) is 221 Å². The van der Waals surface area contributed by atoms with Gasteiger partial charge >= 0.3 is 12.1 Å². The number of aliphatic hydroxyl groups is 1. The number of aromatic nitrogens is 1. The molecule has 6 rings (SSSR count). The molecule has 0 saturated carbocycles. The third kappa shape index (κ3) is 28.6. The number of H-pyrrole nitrogens is 1. The SMILES string of the molecule is C=CC[C@H](NC(=O)[C@H](CCCNC(=N)N)NC(=O)[C@H](Cc1cc2ccccc2[nH]1)NC(=O)[C@H](C)NC(=O)[C@H](CC=C(C)C)NC(=O)[C@H](CCCNC(=N)N)NC(=O)C1CCCN1C(=O)[C@H](CC(=O)O)NC(=O)[C@H](CO)NC(=O)[C@H](CC=C)NC(=O)[C@H](CC=C(C)C)NC(=O)CNC(=O)OCC1c2ccccc2-c2ccccc21)C(N)=O. The lowest BCUT2D eigenvalue weighted by Gasteiger charge is -2.30. The Kier molecular flexibility index (Phi) is 36.2. The van der Waals surface area contributed by atoms with Crippen LogP contribution in [0.5, 0.6) is 0 Å². The summed E-state index contributed by atoms with van der Waals surface area (Å²) < 4.78 is 5.55. The number of allylic oxidation sites excluding steroid dienone is 2. The Hall–Kier alpha value is -13.0. The number of hydrogen-bond acceptors (Lipinski definition) is 18. The highest BCUT2D eigenvalue weighted by molar-refractivity contribution is 6.01. The smallest absolute Gasteiger partial charge is 0.407 e. The Balaban J connectivity index is 1.12. The van der Waals surface area contributed by atoms with Crippen LogP contribution in [0.15, 0.2) is 127 Å². The van der Waals surface area contributed by atoms with Gasteiger partial charge in [0.2, 0.25) is 70.9 Å². The van der Waals surface area contributed by atoms with Crippen molar-refractivity contribution in [2.45, 2.75) is 184 Å². The maximum absolute atomic E-state index is 14.6. The minimum absolute atomic E-state index is 0.00924. The van der Waals surface area contributed by atoms with Gasteiger partial charge in [0.15, 0.2) is 11.9 Å². The summed E-state index contributed by atoms with van der Waals surface area (Å²) in [6.45, 7) is 13.7. The number of nitrogens with one attached hydrogen (secondary N) is 16. The average molecular weight is 1610 g/mol. The second kappa shape index (κ2) is 45.7. The van der Waals surface area contributed by atoms with Crippen molar-refractivity contribution in [2.24, 2.45) is 17.2 Å². The van der Waals surface area contributed by atoms with E-state index in [1.807, 2.05) is 54.6 Å². The number of aromatic amines is 1. The zero-order chi connectivity index (χ0) is 85.3. The van der Waals surface area contributed by atoms with Gasteiger partial charge in [0.25, 0.3) is 0 Å². The average Bonchev–Trinajstić information content (AvgIpc) is 1.61. The molecule has 24 N–H and O–H groups in total. The van der Waals surface area contributed by atoms with E-state index in [4.69, 9.17) is 32.8 Å². The number of carboxylic acid groups (broad SMARTS) is 1. The number of alkyl carbamates (subject to hydrolysis) is 1. The van der Waals surface area contributed by atoms with Gasteiger partial charge in [0, 0.05) is 43.2 Å². The predicted molar refractivity (Wildman–Crippen MR) is 429 cm³/mol. The molecule has 1 aromatic heterocycles. The fourth-order valence-electron chi connectivity index (χ4n) is 12.9. The normalized spacial score (nSPS) is 15.2. The van der Waals surface area contributed by atoms with Crippen LogP contribution in [-0.2, 0) is 73.5 Å². The van der Waals surface area contributed by atoms with E-state index < -0.39 is 175 Å². The lowest BCUT2D eigenvalue weighted by molar-refractivity contribution is -0.146. The number of ether oxygens (including phenoxy) is 1. The molecule has 3 aromatic carbocycles. The zero-order valence-electron chi connectivity index (χ0n) is 65.6. The number of likely N-dealkylation sites (tertiary alicyclic amines) is 1. The maximum Gasteiger partial charge on any atom is 0.407 e. The quantitative estimate of drug-likeness (QED) is 0.0114. The van der Waals surface area contributed by atoms with E-state index in [1.165, 1.54) is 19.1 Å². The van der Waals surface area contributed by atoms with Gasteiger partial charge in [-0.05, 0) is 139 Å². The lowest BCUT2D eigenvalue weighted by Crippen LogP contribution is -2.61. The van der Waals surface area contributed by atoms with Gasteiger partial charge in [-0.2, -0.15) is 0 Å². The van der Waals surface area contributed by atoms with E-state index in [9.17, 15) is 77.3 Å². The molecule has 626 valence electrons. The number of carbonyl (C=O) groups is 14. The van der Waals surface area contributed by atoms with Crippen molar-refractivity contribution in [1.82, 2.24) is 79.0 Å². The van der Waals surface area contributed by atoms with Crippen LogP contribution in [0.1, 0.15) is 128 Å². The summed E-state index contributed by atoms with van der Waals surface area (Å²) in [6, 6.07) is 7.87. The highest BCUT2D eigenvalue weighted by atomic mass is 16.5. The molecule has 1 aliphatic heterocycles. The first-order chi connectivity index (χ1) is 55.2. The molecular formula is C79H108N20O17. The minimum Gasteiger partial charge on any atom is -0.481 e. The largest absolute Gasteiger partial charge is 0.481 e. The molecule has 1 saturated heterocycles. The van der Waals surface area contributed by atoms with Crippen molar-refractivity contribution >= 4 is 106 Å². The maximum atomic E-state index is 14.6. The number of guanidine groups is 2. The molecule has 0 spiro atoms. The summed E-state index contributed by atoms with van der Waals surface area (Å²) in [5.74, 6) is -14.0. The number of aliphatic carboxylic acids is 1. The first kappa shape index (κ1) is 91.9. The van der Waals surface area contributed by atoms with Gasteiger partial charge in [-0.3, -0.25) is 73.1 Å². The number of hydrogen-bond donors (Lipinski definition) is 21. The molecular weight excluding hydrogens is 1500 g/mol. The highest BCUT2D eigenvalue weighted by Gasteiger charge is 2.42. The van der Waals surface area contributed by atoms with Crippen molar-refractivity contribution < 1.29 is 82.1 Å². The third-order valence-electron chi connectivity index (χ3n) is 18.9. The molecule has 2 aliphatic rings. The number of carbonyl (C=O) groups excluding carboxylic acids is 13. The number of para-hydroxylation sites is 1. The van der Waals surface area contributed by atoms with E-state index >= 15 is 0 Å². The standard InChI is InChI=1S/C79H108N20O17/c1-8-19-54(66(80)104)91-70(108)56(27-16-34-85-77(81)82)93-73(111)60(38-47-37-46-21-10-15-26-53(46)89-47)96-67(105)45(7)88-68(106)59(33-31-44(5)6)94-71(109)57(28-17-35-86-78(83)84)95-75(113)63-29-18-36-99(63)76(114)61(39-65(102)103)97-74(112)62(41-100)98-69(107)55(20-9-2)92-72(110)58(32-30-43(3)4)90-64(101)40-87-79(115)116-42-52-50-24-13-11-22-48(50)49-23-12-14-25-51(49)52/h8-15,21-26,30-31,37,45,52,54-63,89,100H,1-2,16-20,27-29,32-36,38-42H2,3-7H3,(H2,80,104)(H,87,115)(H,88,106)(H,90,101)(H,91,108)(H,92,110)(H,93,111)(H,94,109)(H,95,113)(H,96,105)(H,97,112)(H,98,107)(H,102,103)(H4,81,82,85)(H4,83,84,86)/t45-,54-,55-,56-,57-,58-,59-,60-,61-,62-,63?/m0/s1. The molecule has 0 radical (unpaired) electrons. The number of fused-ring (bicyclic) bond motifs is 4. The Morgan fingerprint density at radius 1 is 0.569 bits per heavy atom. The van der Waals surface area contributed by atoms with E-state index in [0.29, 0.717) is 16.8 Å². The predicted octanol–water partition coefficient (Wildman–Crippen LogP) is -0.548. The Labute approximate surface area is 670 Å². The van der Waals surface area contributed by atoms with Gasteiger partial charge in [-0.25, -0.2) is 4.79 Å². The second-order valence-electron chi connectivity index (χ2n) is 28.5. The van der Waals surface area contributed by atoms with Crippen LogP contribution in [0.25, 0.3) is 22.0 Å². The number of aliphatic hydroxyl groups excluding tert-OH is 1. The molecule has 4 aromatic rings. The molecule has 37 nitrogen and oxygen atoms in total. The van der Waals surface area contributed by atoms with E-state index in [1.54, 1.807) is 64.1 Å². The van der Waals surface area contributed by atoms with Gasteiger partial charge in [-0.15, -0.1) is 13.2 Å². The Bertz CT molecular complexity index is 4250. The fourth-order valence-corrected chi connectivity index (χ4v) is 12.9. The molecule has 11 atom stereocenters. The van der Waals surface area contributed by atoms with Crippen LogP contribution in [0.3, 0.4) is 0 Å². The van der Waals surface area contributed by atoms with Crippen molar-refractivity contribution in [3.05, 3.63) is 144 Å². The molecule has 116 heavy (non-hydrogen) atoms. The Morgan fingerprint density at radius 3 is 1.58 bits per heavy atom. The van der Waals surface area contributed by atoms with Crippen molar-refractivity contribution in [3.63, 3.8) is 0 Å². The molecule has 1 fully saturated rings. The number of nitrogens with two attached hydrogens (primary N) is 3. The topological polar surface area (TPSA) is 590 Å². The molecule has 37 heteroatoms. The van der Waals surface area contributed by atoms with Crippen LogP contribution in [0.4, 0.5) is 4.79 Å². The van der Waals surface area contributed by atoms with E-state index in [0.717, 1.165) is 38.1 Å². The fraction of sp³-hybridized carbons (Fsp3) is 0.443. The number of carboxylic acids is 1. The second-order valence-corrected chi connectivity index (χ2v) is 28.5. The third-order valence-corrected chi connectivity index (χ3v) is 18.9. The lowest BCUT2D eigenvalue weighted by atomic mass is 9.98. The number of benzene rings is 3. The van der Waals surface area contributed by atoms with Crippen LogP contribution in [0.2, 0.25) is 0 Å². The first-order valence-corrected chi connectivity index (χ1v) is 38.0. The van der Waals surface area contributed by atoms with E-state index in [-0.39, 0.29) is 109 Å². The zero-order valence-corrected chi connectivity index (χ0v) is 65.6. The van der Waals surface area contributed by atoms with Crippen molar-refractivity contribution in [3.8, 4) is 11.1 Å². The summed E-state index contributed by atoms with van der Waals surface area (Å²) in [6.07, 6.45) is 3.24. The molecule has 0 bridgehead atoms. The Morgan fingerprint density at radius 2 is 1.03 bits per heavy atom. The molecule has 1 aliphatic carbocycles. The summed E-state index contributed by atoms with van der Waals surface area (Å²) in [5.41, 5.74) is 23.1. The van der Waals surface area contributed by atoms with Gasteiger partial charge in [-0.1, -0.05) is 102 Å². The van der Waals surface area contributed by atoms with E-state index in [2.05, 4.69) is 87.3 Å². The number of rotatable bonds is 46. The van der Waals surface area contributed by atoms with Gasteiger partial charge in [0.1, 0.15) is 79.6 Å². The number of nitrogens with zero attached hydrogens (tertiary/aromatic N) is 1. The summed E-state index contributed by atoms with van der Waals surface area (Å²) in [7, 11) is 0. The summed E-state index contributed by atoms with van der Waals surface area (Å²) in [5, 5.41) is 69.6. The van der Waals surface area contributed by atoms with Crippen LogP contribution >= 0.6 is 0 Å². The number of primary amides is 1. The van der Waals surface area contributed by atoms with Crippen molar-refractivity contribution in [2.75, 3.05) is 39.4 Å². The summed E-state index contributed by atoms with van der Waals surface area (Å²) >= 11 is 0. The molecule has 1 unspecified atom stereocenters. The van der Waals surface area contributed by atoms with Gasteiger partial charge in [0.05, 0.1) is 13.0 Å². The number of amides is 13. The van der Waals surface area contributed by atoms with Crippen molar-refractivity contribution in [1.29, 1.82) is 10.8 Å². The van der Waals surface area contributed by atoms with Crippen LogP contribution < -0.4 is 86.3 Å². The summed E-state index contributed by atoms with van der Waals surface area (Å²) in [4.78, 5) is 198. The monoisotopic (exact) mass is 1610 g/mol. The molecule has 2 heterocycles. The van der Waals surface area contributed by atoms with Crippen LogP contribution in [0, 0.1) is 10.8 Å². The molecule has 13 amide bonds. The first-order valence-electron chi connectivity index (χ1n) is 38.0. The highest BCUT2D eigenvalue weighted by Crippen LogP contribution is 2.44. The van der Waals surface area contributed by atoms with Gasteiger partial charge < -0.3 is 111 Å². The minimum atomic E-state index is -1.95.